The summed E-state index contributed by atoms with van der Waals surface area (Å²) in [5.41, 5.74) is 1.77. The van der Waals surface area contributed by atoms with Crippen LogP contribution in [-0.2, 0) is 21.8 Å². The Labute approximate surface area is 177 Å². The molecule has 2 aromatic rings. The molecule has 1 aliphatic heterocycles. The summed E-state index contributed by atoms with van der Waals surface area (Å²) in [6.07, 6.45) is 4.25. The molecule has 1 amide bonds. The lowest BCUT2D eigenvalue weighted by Gasteiger charge is -2.25. The molecule has 0 atom stereocenters. The van der Waals surface area contributed by atoms with Crippen LogP contribution >= 0.6 is 0 Å². The zero-order valence-corrected chi connectivity index (χ0v) is 18.5. The van der Waals surface area contributed by atoms with E-state index in [1.807, 2.05) is 19.1 Å². The molecule has 8 nitrogen and oxygen atoms in total. The van der Waals surface area contributed by atoms with Crippen molar-refractivity contribution in [3.8, 4) is 5.75 Å². The number of ether oxygens (including phenoxy) is 2. The van der Waals surface area contributed by atoms with Crippen LogP contribution in [0.5, 0.6) is 5.75 Å². The number of carbonyl (C=O) groups is 1. The van der Waals surface area contributed by atoms with Gasteiger partial charge in [0.1, 0.15) is 22.9 Å². The van der Waals surface area contributed by atoms with E-state index in [4.69, 9.17) is 9.47 Å². The highest BCUT2D eigenvalue weighted by Crippen LogP contribution is 2.27. The van der Waals surface area contributed by atoms with Crippen molar-refractivity contribution in [2.45, 2.75) is 31.1 Å². The van der Waals surface area contributed by atoms with Crippen LogP contribution in [0.15, 0.2) is 35.4 Å². The Morgan fingerprint density at radius 3 is 2.57 bits per heavy atom. The largest absolute Gasteiger partial charge is 0.489 e. The molecule has 9 heteroatoms. The Kier molecular flexibility index (Phi) is 7.17. The van der Waals surface area contributed by atoms with Crippen molar-refractivity contribution in [1.29, 1.82) is 0 Å². The molecule has 3 rings (SSSR count). The van der Waals surface area contributed by atoms with Gasteiger partial charge in [-0.3, -0.25) is 4.79 Å². The number of carbonyl (C=O) groups excluding carboxylic acids is 1. The van der Waals surface area contributed by atoms with Crippen molar-refractivity contribution < 1.29 is 22.7 Å². The number of amides is 1. The van der Waals surface area contributed by atoms with Gasteiger partial charge in [0.15, 0.2) is 0 Å². The Balaban J connectivity index is 1.80. The molecule has 1 aromatic heterocycles. The van der Waals surface area contributed by atoms with Gasteiger partial charge in [0.2, 0.25) is 10.0 Å². The fourth-order valence-electron chi connectivity index (χ4n) is 3.43. The van der Waals surface area contributed by atoms with Gasteiger partial charge in [-0.2, -0.15) is 4.31 Å². The lowest BCUT2D eigenvalue weighted by atomic mass is 10.2. The van der Waals surface area contributed by atoms with Crippen LogP contribution < -0.4 is 10.1 Å². The SMILES string of the molecule is COCCOc1cc(C)ccc1NC(=O)c1cc(S(=O)(=O)N2CCCCC2)cn1C. The minimum atomic E-state index is -3.60. The Hall–Kier alpha value is -2.36. The van der Waals surface area contributed by atoms with Gasteiger partial charge in [0, 0.05) is 33.4 Å². The summed E-state index contributed by atoms with van der Waals surface area (Å²) in [5, 5.41) is 2.83. The summed E-state index contributed by atoms with van der Waals surface area (Å²) in [4.78, 5) is 13.0. The van der Waals surface area contributed by atoms with Gasteiger partial charge in [0.25, 0.3) is 5.91 Å². The third kappa shape index (κ3) is 5.03. The Morgan fingerprint density at radius 2 is 1.87 bits per heavy atom. The summed E-state index contributed by atoms with van der Waals surface area (Å²) in [6.45, 7) is 3.75. The van der Waals surface area contributed by atoms with Crippen LogP contribution in [0.4, 0.5) is 5.69 Å². The van der Waals surface area contributed by atoms with Crippen LogP contribution in [0.2, 0.25) is 0 Å². The number of methoxy groups -OCH3 is 1. The molecule has 1 aromatic carbocycles. The van der Waals surface area contributed by atoms with E-state index in [1.165, 1.54) is 21.1 Å². The first-order valence-corrected chi connectivity index (χ1v) is 11.5. The van der Waals surface area contributed by atoms with E-state index in [2.05, 4.69) is 5.32 Å². The molecule has 1 N–H and O–H groups in total. The van der Waals surface area contributed by atoms with E-state index in [0.717, 1.165) is 24.8 Å². The Morgan fingerprint density at radius 1 is 1.13 bits per heavy atom. The fourth-order valence-corrected chi connectivity index (χ4v) is 5.02. The number of nitrogens with one attached hydrogen (secondary N) is 1. The second kappa shape index (κ2) is 9.63. The number of hydrogen-bond donors (Lipinski definition) is 1. The number of piperidine rings is 1. The zero-order valence-electron chi connectivity index (χ0n) is 17.7. The maximum absolute atomic E-state index is 12.9. The molecule has 30 heavy (non-hydrogen) atoms. The minimum Gasteiger partial charge on any atom is -0.489 e. The molecule has 0 aliphatic carbocycles. The molecule has 164 valence electrons. The summed E-state index contributed by atoms with van der Waals surface area (Å²) in [7, 11) is -0.352. The predicted octanol–water partition coefficient (Wildman–Crippen LogP) is 2.79. The molecule has 0 bridgehead atoms. The predicted molar refractivity (Wildman–Crippen MR) is 115 cm³/mol. The molecule has 1 saturated heterocycles. The number of aryl methyl sites for hydroxylation is 2. The average Bonchev–Trinajstić information content (AvgIpc) is 3.13. The highest BCUT2D eigenvalue weighted by Gasteiger charge is 2.28. The van der Waals surface area contributed by atoms with E-state index in [-0.39, 0.29) is 10.6 Å². The van der Waals surface area contributed by atoms with Crippen molar-refractivity contribution >= 4 is 21.6 Å². The summed E-state index contributed by atoms with van der Waals surface area (Å²) in [5.74, 6) is 0.133. The first-order chi connectivity index (χ1) is 14.3. The maximum Gasteiger partial charge on any atom is 0.272 e. The number of anilines is 1. The molecule has 0 spiro atoms. The van der Waals surface area contributed by atoms with Crippen LogP contribution in [0.25, 0.3) is 0 Å². The number of sulfonamides is 1. The van der Waals surface area contributed by atoms with E-state index < -0.39 is 15.9 Å². The number of hydrogen-bond acceptors (Lipinski definition) is 5. The van der Waals surface area contributed by atoms with E-state index in [0.29, 0.717) is 37.7 Å². The molecule has 0 saturated carbocycles. The van der Waals surface area contributed by atoms with Crippen molar-refractivity contribution in [2.75, 3.05) is 38.7 Å². The standard InChI is InChI=1S/C21H29N3O5S/c1-16-7-8-18(20(13-16)29-12-11-28-3)22-21(25)19-14-17(15-23(19)2)30(26,27)24-9-5-4-6-10-24/h7-8,13-15H,4-6,9-12H2,1-3H3,(H,22,25). The van der Waals surface area contributed by atoms with Gasteiger partial charge >= 0.3 is 0 Å². The van der Waals surface area contributed by atoms with Crippen LogP contribution in [0, 0.1) is 6.92 Å². The van der Waals surface area contributed by atoms with Crippen LogP contribution in [0.1, 0.15) is 35.3 Å². The fraction of sp³-hybridized carbons (Fsp3) is 0.476. The normalized spacial score (nSPS) is 15.2. The summed E-state index contributed by atoms with van der Waals surface area (Å²) >= 11 is 0. The molecule has 0 radical (unpaired) electrons. The minimum absolute atomic E-state index is 0.137. The third-order valence-corrected chi connectivity index (χ3v) is 6.96. The smallest absolute Gasteiger partial charge is 0.272 e. The lowest BCUT2D eigenvalue weighted by molar-refractivity contribution is 0.101. The lowest BCUT2D eigenvalue weighted by Crippen LogP contribution is -2.35. The summed E-state index contributed by atoms with van der Waals surface area (Å²) < 4.78 is 39.6. The topological polar surface area (TPSA) is 89.9 Å². The van der Waals surface area contributed by atoms with Crippen LogP contribution in [0.3, 0.4) is 0 Å². The second-order valence-corrected chi connectivity index (χ2v) is 9.37. The molecule has 1 aliphatic rings. The zero-order chi connectivity index (χ0) is 21.7. The number of benzene rings is 1. The molecular weight excluding hydrogens is 406 g/mol. The maximum atomic E-state index is 12.9. The van der Waals surface area contributed by atoms with Crippen molar-refractivity contribution in [1.82, 2.24) is 8.87 Å². The highest BCUT2D eigenvalue weighted by molar-refractivity contribution is 7.89. The first kappa shape index (κ1) is 22.3. The summed E-state index contributed by atoms with van der Waals surface area (Å²) in [6, 6.07) is 6.90. The van der Waals surface area contributed by atoms with E-state index in [1.54, 1.807) is 20.2 Å². The first-order valence-electron chi connectivity index (χ1n) is 10.0. The van der Waals surface area contributed by atoms with Gasteiger partial charge < -0.3 is 19.4 Å². The second-order valence-electron chi connectivity index (χ2n) is 7.43. The van der Waals surface area contributed by atoms with Crippen molar-refractivity contribution in [2.24, 2.45) is 7.05 Å². The number of nitrogens with zero attached hydrogens (tertiary/aromatic N) is 2. The highest BCUT2D eigenvalue weighted by atomic mass is 32.2. The molecular formula is C21H29N3O5S. The molecule has 1 fully saturated rings. The number of rotatable bonds is 8. The third-order valence-electron chi connectivity index (χ3n) is 5.10. The van der Waals surface area contributed by atoms with Crippen molar-refractivity contribution in [3.05, 3.63) is 41.7 Å². The monoisotopic (exact) mass is 435 g/mol. The quantitative estimate of drug-likeness (QED) is 0.644. The van der Waals surface area contributed by atoms with Gasteiger partial charge in [0.05, 0.1) is 12.3 Å². The molecule has 0 unspecified atom stereocenters. The van der Waals surface area contributed by atoms with E-state index in [9.17, 15) is 13.2 Å². The van der Waals surface area contributed by atoms with Gasteiger partial charge in [-0.05, 0) is 43.5 Å². The number of aromatic nitrogens is 1. The van der Waals surface area contributed by atoms with Gasteiger partial charge in [-0.15, -0.1) is 0 Å². The van der Waals surface area contributed by atoms with Gasteiger partial charge in [-0.25, -0.2) is 8.42 Å². The van der Waals surface area contributed by atoms with Crippen LogP contribution in [-0.4, -0.2) is 56.6 Å². The Bertz CT molecular complexity index is 994. The molecule has 2 heterocycles. The average molecular weight is 436 g/mol. The van der Waals surface area contributed by atoms with E-state index >= 15 is 0 Å². The van der Waals surface area contributed by atoms with Crippen molar-refractivity contribution in [3.63, 3.8) is 0 Å². The van der Waals surface area contributed by atoms with Gasteiger partial charge in [-0.1, -0.05) is 12.5 Å².